The smallest absolute Gasteiger partial charge is 0.239 e. The third kappa shape index (κ3) is 3.54. The Hall–Kier alpha value is -0.940. The van der Waals surface area contributed by atoms with E-state index in [-0.39, 0.29) is 17.8 Å². The highest BCUT2D eigenvalue weighted by atomic mass is 79.9. The number of likely N-dealkylation sites (N-methyl/N-ethyl adjacent to an activating group) is 1. The van der Waals surface area contributed by atoms with Crippen molar-refractivity contribution in [3.8, 4) is 0 Å². The largest absolute Gasteiger partial charge is 0.337 e. The van der Waals surface area contributed by atoms with Crippen LogP contribution in [0.2, 0.25) is 0 Å². The zero-order valence-corrected chi connectivity index (χ0v) is 12.5. The van der Waals surface area contributed by atoms with Crippen molar-refractivity contribution in [2.75, 3.05) is 13.1 Å². The maximum atomic E-state index is 13.7. The first-order valence-electron chi connectivity index (χ1n) is 6.58. The van der Waals surface area contributed by atoms with E-state index in [1.807, 2.05) is 6.92 Å². The highest BCUT2D eigenvalue weighted by molar-refractivity contribution is 9.10. The normalized spacial score (nSPS) is 18.6. The van der Waals surface area contributed by atoms with Gasteiger partial charge in [-0.05, 0) is 44.5 Å². The molecule has 1 aromatic rings. The molecular formula is C14H18BrFN2O. The fraction of sp³-hybridized carbons (Fsp3) is 0.500. The standard InChI is InChI=1S/C14H18BrFN2O/c1-2-18(14(19)13-4-3-7-17-13)9-10-8-11(15)5-6-12(10)16/h5-6,8,13,17H,2-4,7,9H2,1H3. The Bertz CT molecular complexity index is 461. The molecule has 0 radical (unpaired) electrons. The van der Waals surface area contributed by atoms with Gasteiger partial charge in [-0.1, -0.05) is 15.9 Å². The highest BCUT2D eigenvalue weighted by Crippen LogP contribution is 2.18. The minimum absolute atomic E-state index is 0.0689. The second-order valence-electron chi connectivity index (χ2n) is 4.74. The molecule has 5 heteroatoms. The van der Waals surface area contributed by atoms with Crippen molar-refractivity contribution in [2.24, 2.45) is 0 Å². The van der Waals surface area contributed by atoms with Crippen molar-refractivity contribution in [2.45, 2.75) is 32.4 Å². The van der Waals surface area contributed by atoms with E-state index in [0.29, 0.717) is 18.7 Å². The maximum absolute atomic E-state index is 13.7. The van der Waals surface area contributed by atoms with Crippen LogP contribution in [0.25, 0.3) is 0 Å². The minimum Gasteiger partial charge on any atom is -0.337 e. The highest BCUT2D eigenvalue weighted by Gasteiger charge is 2.26. The molecule has 1 fully saturated rings. The molecule has 3 nitrogen and oxygen atoms in total. The predicted octanol–water partition coefficient (Wildman–Crippen LogP) is 2.69. The number of carbonyl (C=O) groups excluding carboxylic acids is 1. The predicted molar refractivity (Wildman–Crippen MR) is 76.2 cm³/mol. The molecule has 2 rings (SSSR count). The van der Waals surface area contributed by atoms with Gasteiger partial charge in [0.05, 0.1) is 6.04 Å². The number of nitrogens with zero attached hydrogens (tertiary/aromatic N) is 1. The minimum atomic E-state index is -0.270. The molecule has 1 aliphatic rings. The Morgan fingerprint density at radius 3 is 3.00 bits per heavy atom. The van der Waals surface area contributed by atoms with Gasteiger partial charge in [-0.15, -0.1) is 0 Å². The molecule has 1 N–H and O–H groups in total. The zero-order chi connectivity index (χ0) is 13.8. The van der Waals surface area contributed by atoms with Crippen LogP contribution in [0.15, 0.2) is 22.7 Å². The summed E-state index contributed by atoms with van der Waals surface area (Å²) in [5, 5.41) is 3.19. The van der Waals surface area contributed by atoms with Crippen LogP contribution in [-0.4, -0.2) is 29.9 Å². The summed E-state index contributed by atoms with van der Waals surface area (Å²) in [5.41, 5.74) is 0.544. The van der Waals surface area contributed by atoms with Crippen LogP contribution in [-0.2, 0) is 11.3 Å². The molecule has 0 saturated carbocycles. The van der Waals surface area contributed by atoms with Crippen molar-refractivity contribution in [3.05, 3.63) is 34.1 Å². The van der Waals surface area contributed by atoms with Gasteiger partial charge >= 0.3 is 0 Å². The number of nitrogens with one attached hydrogen (secondary N) is 1. The monoisotopic (exact) mass is 328 g/mol. The van der Waals surface area contributed by atoms with Gasteiger partial charge in [0, 0.05) is 23.1 Å². The van der Waals surface area contributed by atoms with E-state index in [1.165, 1.54) is 6.07 Å². The van der Waals surface area contributed by atoms with Crippen LogP contribution in [0.1, 0.15) is 25.3 Å². The molecule has 1 atom stereocenters. The fourth-order valence-electron chi connectivity index (χ4n) is 2.33. The van der Waals surface area contributed by atoms with E-state index >= 15 is 0 Å². The molecule has 1 aromatic carbocycles. The maximum Gasteiger partial charge on any atom is 0.239 e. The molecule has 0 aliphatic carbocycles. The fourth-order valence-corrected chi connectivity index (χ4v) is 2.74. The number of hydrogen-bond donors (Lipinski definition) is 1. The molecule has 1 heterocycles. The van der Waals surface area contributed by atoms with Gasteiger partial charge in [-0.2, -0.15) is 0 Å². The lowest BCUT2D eigenvalue weighted by Gasteiger charge is -2.24. The first kappa shape index (κ1) is 14.5. The molecule has 1 unspecified atom stereocenters. The summed E-state index contributed by atoms with van der Waals surface area (Å²) in [5.74, 6) is -0.201. The third-order valence-corrected chi connectivity index (χ3v) is 3.91. The lowest BCUT2D eigenvalue weighted by atomic mass is 10.1. The molecule has 1 saturated heterocycles. The van der Waals surface area contributed by atoms with E-state index in [1.54, 1.807) is 17.0 Å². The Kier molecular flexibility index (Phi) is 4.93. The first-order valence-corrected chi connectivity index (χ1v) is 7.37. The van der Waals surface area contributed by atoms with E-state index in [9.17, 15) is 9.18 Å². The van der Waals surface area contributed by atoms with Crippen molar-refractivity contribution >= 4 is 21.8 Å². The summed E-state index contributed by atoms with van der Waals surface area (Å²) in [6.07, 6.45) is 1.90. The van der Waals surface area contributed by atoms with Crippen molar-refractivity contribution < 1.29 is 9.18 Å². The summed E-state index contributed by atoms with van der Waals surface area (Å²) in [6.45, 7) is 3.71. The molecule has 19 heavy (non-hydrogen) atoms. The van der Waals surface area contributed by atoms with Crippen molar-refractivity contribution in [3.63, 3.8) is 0 Å². The van der Waals surface area contributed by atoms with Crippen LogP contribution in [0.4, 0.5) is 4.39 Å². The summed E-state index contributed by atoms with van der Waals surface area (Å²) in [4.78, 5) is 14.0. The average molecular weight is 329 g/mol. The SMILES string of the molecule is CCN(Cc1cc(Br)ccc1F)C(=O)C1CCCN1. The Balaban J connectivity index is 2.09. The number of benzene rings is 1. The lowest BCUT2D eigenvalue weighted by Crippen LogP contribution is -2.43. The zero-order valence-electron chi connectivity index (χ0n) is 11.0. The van der Waals surface area contributed by atoms with Gasteiger partial charge in [0.15, 0.2) is 0 Å². The van der Waals surface area contributed by atoms with Gasteiger partial charge in [0.2, 0.25) is 5.91 Å². The topological polar surface area (TPSA) is 32.3 Å². The average Bonchev–Trinajstić information content (AvgIpc) is 2.93. The lowest BCUT2D eigenvalue weighted by molar-refractivity contribution is -0.133. The number of rotatable bonds is 4. The summed E-state index contributed by atoms with van der Waals surface area (Å²) in [7, 11) is 0. The van der Waals surface area contributed by atoms with Crippen LogP contribution >= 0.6 is 15.9 Å². The molecule has 0 bridgehead atoms. The Morgan fingerprint density at radius 1 is 1.58 bits per heavy atom. The number of halogens is 2. The van der Waals surface area contributed by atoms with E-state index in [4.69, 9.17) is 0 Å². The number of hydrogen-bond acceptors (Lipinski definition) is 2. The van der Waals surface area contributed by atoms with E-state index in [0.717, 1.165) is 23.9 Å². The summed E-state index contributed by atoms with van der Waals surface area (Å²) < 4.78 is 14.6. The second-order valence-corrected chi connectivity index (χ2v) is 5.65. The van der Waals surface area contributed by atoms with Gasteiger partial charge in [0.25, 0.3) is 0 Å². The first-order chi connectivity index (χ1) is 9.11. The Labute approximate surface area is 121 Å². The third-order valence-electron chi connectivity index (χ3n) is 3.42. The summed E-state index contributed by atoms with van der Waals surface area (Å²) in [6, 6.07) is 4.71. The van der Waals surface area contributed by atoms with Gasteiger partial charge in [-0.3, -0.25) is 4.79 Å². The molecule has 0 spiro atoms. The van der Waals surface area contributed by atoms with E-state index < -0.39 is 0 Å². The van der Waals surface area contributed by atoms with E-state index in [2.05, 4.69) is 21.2 Å². The molecule has 104 valence electrons. The van der Waals surface area contributed by atoms with Crippen molar-refractivity contribution in [1.29, 1.82) is 0 Å². The van der Waals surface area contributed by atoms with Gasteiger partial charge in [0.1, 0.15) is 5.82 Å². The Morgan fingerprint density at radius 2 is 2.37 bits per heavy atom. The van der Waals surface area contributed by atoms with Crippen LogP contribution in [0, 0.1) is 5.82 Å². The van der Waals surface area contributed by atoms with Gasteiger partial charge in [-0.25, -0.2) is 4.39 Å². The van der Waals surface area contributed by atoms with Crippen LogP contribution in [0.3, 0.4) is 0 Å². The number of amides is 1. The van der Waals surface area contributed by atoms with Crippen molar-refractivity contribution in [1.82, 2.24) is 10.2 Å². The quantitative estimate of drug-likeness (QED) is 0.921. The van der Waals surface area contributed by atoms with Crippen LogP contribution in [0.5, 0.6) is 0 Å². The molecular weight excluding hydrogens is 311 g/mol. The van der Waals surface area contributed by atoms with Crippen LogP contribution < -0.4 is 5.32 Å². The summed E-state index contributed by atoms with van der Waals surface area (Å²) >= 11 is 3.33. The molecule has 1 amide bonds. The molecule has 1 aliphatic heterocycles. The van der Waals surface area contributed by atoms with Gasteiger partial charge < -0.3 is 10.2 Å². The molecule has 0 aromatic heterocycles. The number of carbonyl (C=O) groups is 1. The second kappa shape index (κ2) is 6.48.